The first kappa shape index (κ1) is 16.7. The van der Waals surface area contributed by atoms with Gasteiger partial charge < -0.3 is 5.32 Å². The van der Waals surface area contributed by atoms with Gasteiger partial charge in [0, 0.05) is 23.0 Å². The first-order valence-corrected chi connectivity index (χ1v) is 10.3. The Balaban J connectivity index is 1.42. The van der Waals surface area contributed by atoms with Crippen molar-refractivity contribution in [2.24, 2.45) is 5.92 Å². The first-order chi connectivity index (χ1) is 12.3. The Hall–Kier alpha value is -1.75. The number of thiazole rings is 1. The fourth-order valence-corrected chi connectivity index (χ4v) is 5.10. The number of aromatic nitrogens is 2. The van der Waals surface area contributed by atoms with E-state index in [0.29, 0.717) is 6.04 Å². The molecule has 0 aliphatic heterocycles. The molecule has 4 nitrogen and oxygen atoms in total. The van der Waals surface area contributed by atoms with Crippen LogP contribution >= 0.6 is 11.3 Å². The molecule has 1 fully saturated rings. The number of hydrogen-bond acceptors (Lipinski definition) is 4. The fraction of sp³-hybridized carbons (Fsp3) is 0.550. The van der Waals surface area contributed by atoms with Gasteiger partial charge in [-0.1, -0.05) is 31.7 Å². The molecule has 0 spiro atoms. The summed E-state index contributed by atoms with van der Waals surface area (Å²) in [5.41, 5.74) is 2.10. The SMILES string of the molecule is O=C(NC1CCCCCC1)C1CCc2nc(-c3ccccn3)sc2C1. The van der Waals surface area contributed by atoms with E-state index < -0.39 is 0 Å². The predicted octanol–water partition coefficient (Wildman–Crippen LogP) is 4.15. The first-order valence-electron chi connectivity index (χ1n) is 9.50. The van der Waals surface area contributed by atoms with Gasteiger partial charge in [-0.05, 0) is 44.2 Å². The molecule has 2 aliphatic carbocycles. The molecule has 5 heteroatoms. The van der Waals surface area contributed by atoms with Gasteiger partial charge in [0.1, 0.15) is 5.01 Å². The quantitative estimate of drug-likeness (QED) is 0.842. The highest BCUT2D eigenvalue weighted by Gasteiger charge is 2.29. The number of carbonyl (C=O) groups is 1. The third kappa shape index (κ3) is 3.92. The Morgan fingerprint density at radius 3 is 2.72 bits per heavy atom. The summed E-state index contributed by atoms with van der Waals surface area (Å²) in [5, 5.41) is 4.31. The fourth-order valence-electron chi connectivity index (χ4n) is 3.94. The molecular formula is C20H25N3OS. The van der Waals surface area contributed by atoms with Crippen LogP contribution in [-0.2, 0) is 17.6 Å². The number of amides is 1. The molecule has 1 unspecified atom stereocenters. The van der Waals surface area contributed by atoms with Crippen molar-refractivity contribution >= 4 is 17.2 Å². The van der Waals surface area contributed by atoms with Crippen LogP contribution in [0.5, 0.6) is 0 Å². The minimum Gasteiger partial charge on any atom is -0.353 e. The highest BCUT2D eigenvalue weighted by atomic mass is 32.1. The summed E-state index contributed by atoms with van der Waals surface area (Å²) in [6.07, 6.45) is 11.9. The van der Waals surface area contributed by atoms with Crippen molar-refractivity contribution in [3.63, 3.8) is 0 Å². The number of hydrogen-bond donors (Lipinski definition) is 1. The molecule has 1 N–H and O–H groups in total. The Morgan fingerprint density at radius 1 is 1.12 bits per heavy atom. The van der Waals surface area contributed by atoms with Gasteiger partial charge in [-0.15, -0.1) is 11.3 Å². The lowest BCUT2D eigenvalue weighted by Gasteiger charge is -2.24. The molecule has 0 bridgehead atoms. The van der Waals surface area contributed by atoms with Crippen molar-refractivity contribution in [2.75, 3.05) is 0 Å². The number of fused-ring (bicyclic) bond motifs is 1. The van der Waals surface area contributed by atoms with Gasteiger partial charge in [-0.25, -0.2) is 4.98 Å². The second kappa shape index (κ2) is 7.65. The van der Waals surface area contributed by atoms with Crippen LogP contribution in [-0.4, -0.2) is 21.9 Å². The Morgan fingerprint density at radius 2 is 1.96 bits per heavy atom. The van der Waals surface area contributed by atoms with Gasteiger partial charge in [-0.3, -0.25) is 9.78 Å². The highest BCUT2D eigenvalue weighted by Crippen LogP contribution is 2.34. The molecule has 2 aromatic rings. The van der Waals surface area contributed by atoms with Crippen LogP contribution in [0.3, 0.4) is 0 Å². The van der Waals surface area contributed by atoms with Gasteiger partial charge in [-0.2, -0.15) is 0 Å². The minimum absolute atomic E-state index is 0.104. The van der Waals surface area contributed by atoms with E-state index in [4.69, 9.17) is 4.98 Å². The van der Waals surface area contributed by atoms with E-state index in [0.717, 1.165) is 42.8 Å². The maximum atomic E-state index is 12.7. The zero-order chi connectivity index (χ0) is 17.1. The van der Waals surface area contributed by atoms with Crippen molar-refractivity contribution in [1.82, 2.24) is 15.3 Å². The van der Waals surface area contributed by atoms with E-state index >= 15 is 0 Å². The molecule has 2 aliphatic rings. The normalized spacial score (nSPS) is 21.4. The molecule has 2 heterocycles. The van der Waals surface area contributed by atoms with Crippen LogP contribution in [0.1, 0.15) is 55.5 Å². The van der Waals surface area contributed by atoms with E-state index in [9.17, 15) is 4.79 Å². The number of carbonyl (C=O) groups excluding carboxylic acids is 1. The molecule has 1 saturated carbocycles. The molecule has 4 rings (SSSR count). The van der Waals surface area contributed by atoms with Crippen molar-refractivity contribution < 1.29 is 4.79 Å². The zero-order valence-corrected chi connectivity index (χ0v) is 15.4. The molecule has 1 amide bonds. The Bertz CT molecular complexity index is 720. The van der Waals surface area contributed by atoms with Crippen molar-refractivity contribution in [3.8, 4) is 10.7 Å². The van der Waals surface area contributed by atoms with Crippen LogP contribution in [0.15, 0.2) is 24.4 Å². The zero-order valence-electron chi connectivity index (χ0n) is 14.5. The van der Waals surface area contributed by atoms with Gasteiger partial charge in [0.15, 0.2) is 0 Å². The molecule has 1 atom stereocenters. The van der Waals surface area contributed by atoms with Gasteiger partial charge in [0.05, 0.1) is 11.4 Å². The van der Waals surface area contributed by atoms with E-state index in [1.54, 1.807) is 17.5 Å². The molecule has 2 aromatic heterocycles. The number of rotatable bonds is 3. The average molecular weight is 356 g/mol. The molecule has 0 radical (unpaired) electrons. The third-order valence-corrected chi connectivity index (χ3v) is 6.54. The molecule has 132 valence electrons. The van der Waals surface area contributed by atoms with E-state index in [1.165, 1.54) is 36.3 Å². The smallest absolute Gasteiger partial charge is 0.223 e. The van der Waals surface area contributed by atoms with Crippen LogP contribution in [0.4, 0.5) is 0 Å². The van der Waals surface area contributed by atoms with Crippen LogP contribution in [0.2, 0.25) is 0 Å². The van der Waals surface area contributed by atoms with E-state index in [2.05, 4.69) is 10.3 Å². The maximum absolute atomic E-state index is 12.7. The van der Waals surface area contributed by atoms with Crippen molar-refractivity contribution in [3.05, 3.63) is 35.0 Å². The standard InChI is InChI=1S/C20H25N3OS/c24-19(22-15-7-3-1-2-4-8-15)14-10-11-16-18(13-14)25-20(23-16)17-9-5-6-12-21-17/h5-6,9,12,14-15H,1-4,7-8,10-11,13H2,(H,22,24). The van der Waals surface area contributed by atoms with Gasteiger partial charge in [0.25, 0.3) is 0 Å². The average Bonchev–Trinajstić information content (AvgIpc) is 2.91. The highest BCUT2D eigenvalue weighted by molar-refractivity contribution is 7.15. The lowest BCUT2D eigenvalue weighted by atomic mass is 9.90. The summed E-state index contributed by atoms with van der Waals surface area (Å²) < 4.78 is 0. The van der Waals surface area contributed by atoms with Gasteiger partial charge >= 0.3 is 0 Å². The molecular weight excluding hydrogens is 330 g/mol. The lowest BCUT2D eigenvalue weighted by molar-refractivity contribution is -0.126. The number of aryl methyl sites for hydroxylation is 1. The Labute approximate surface area is 153 Å². The van der Waals surface area contributed by atoms with Crippen molar-refractivity contribution in [1.29, 1.82) is 0 Å². The van der Waals surface area contributed by atoms with Crippen LogP contribution in [0.25, 0.3) is 10.7 Å². The summed E-state index contributed by atoms with van der Waals surface area (Å²) in [5.74, 6) is 0.359. The predicted molar refractivity (Wildman–Crippen MR) is 100 cm³/mol. The Kier molecular flexibility index (Phi) is 5.11. The minimum atomic E-state index is 0.104. The summed E-state index contributed by atoms with van der Waals surface area (Å²) in [4.78, 5) is 23.2. The van der Waals surface area contributed by atoms with E-state index in [-0.39, 0.29) is 11.8 Å². The van der Waals surface area contributed by atoms with E-state index in [1.807, 2.05) is 18.2 Å². The van der Waals surface area contributed by atoms with Crippen LogP contribution in [0, 0.1) is 5.92 Å². The third-order valence-electron chi connectivity index (χ3n) is 5.40. The van der Waals surface area contributed by atoms with Crippen molar-refractivity contribution in [2.45, 2.75) is 63.8 Å². The number of nitrogens with zero attached hydrogens (tertiary/aromatic N) is 2. The maximum Gasteiger partial charge on any atom is 0.223 e. The number of pyridine rings is 1. The summed E-state index contributed by atoms with van der Waals surface area (Å²) in [7, 11) is 0. The second-order valence-electron chi connectivity index (χ2n) is 7.24. The molecule has 0 saturated heterocycles. The van der Waals surface area contributed by atoms with Crippen LogP contribution < -0.4 is 5.32 Å². The second-order valence-corrected chi connectivity index (χ2v) is 8.32. The number of nitrogens with one attached hydrogen (secondary N) is 1. The summed E-state index contributed by atoms with van der Waals surface area (Å²) >= 11 is 1.71. The van der Waals surface area contributed by atoms with Gasteiger partial charge in [0.2, 0.25) is 5.91 Å². The lowest BCUT2D eigenvalue weighted by Crippen LogP contribution is -2.40. The largest absolute Gasteiger partial charge is 0.353 e. The summed E-state index contributed by atoms with van der Waals surface area (Å²) in [6, 6.07) is 6.30. The molecule has 0 aromatic carbocycles. The monoisotopic (exact) mass is 355 g/mol. The molecule has 25 heavy (non-hydrogen) atoms. The summed E-state index contributed by atoms with van der Waals surface area (Å²) in [6.45, 7) is 0. The topological polar surface area (TPSA) is 54.9 Å².